The number of fused-ring (bicyclic) bond motifs is 1. The zero-order chi connectivity index (χ0) is 18.5. The molecule has 3 rings (SSSR count). The monoisotopic (exact) mass is 375 g/mol. The Morgan fingerprint density at radius 3 is 2.88 bits per heavy atom. The first-order valence-electron chi connectivity index (χ1n) is 8.64. The Balaban J connectivity index is 1.57. The van der Waals surface area contributed by atoms with Gasteiger partial charge in [0.2, 0.25) is 0 Å². The summed E-state index contributed by atoms with van der Waals surface area (Å²) < 4.78 is 5.26. The van der Waals surface area contributed by atoms with Gasteiger partial charge in [0.15, 0.2) is 6.61 Å². The van der Waals surface area contributed by atoms with Gasteiger partial charge in [-0.2, -0.15) is 0 Å². The molecule has 26 heavy (non-hydrogen) atoms. The molecule has 0 radical (unpaired) electrons. The van der Waals surface area contributed by atoms with E-state index in [-0.39, 0.29) is 12.6 Å². The van der Waals surface area contributed by atoms with Crippen LogP contribution in [0.2, 0.25) is 5.02 Å². The Labute approximate surface area is 157 Å². The summed E-state index contributed by atoms with van der Waals surface area (Å²) in [7, 11) is 0. The molecule has 0 saturated carbocycles. The maximum Gasteiger partial charge on any atom is 0.341 e. The highest BCUT2D eigenvalue weighted by atomic mass is 35.5. The van der Waals surface area contributed by atoms with Crippen molar-refractivity contribution < 1.29 is 19.7 Å². The van der Waals surface area contributed by atoms with Crippen LogP contribution in [-0.4, -0.2) is 35.4 Å². The molecule has 0 spiro atoms. The van der Waals surface area contributed by atoms with Crippen LogP contribution in [0.15, 0.2) is 42.5 Å². The van der Waals surface area contributed by atoms with E-state index in [1.807, 2.05) is 30.3 Å². The van der Waals surface area contributed by atoms with E-state index >= 15 is 0 Å². The second-order valence-corrected chi connectivity index (χ2v) is 6.97. The highest BCUT2D eigenvalue weighted by molar-refractivity contribution is 6.30. The number of hydrogen-bond donors (Lipinski definition) is 3. The number of hydrogen-bond acceptors (Lipinski definition) is 4. The fourth-order valence-corrected chi connectivity index (χ4v) is 3.45. The lowest BCUT2D eigenvalue weighted by Gasteiger charge is -2.27. The first kappa shape index (κ1) is 18.7. The maximum absolute atomic E-state index is 10.6. The van der Waals surface area contributed by atoms with Crippen molar-refractivity contribution in [3.05, 3.63) is 64.2 Å². The van der Waals surface area contributed by atoms with Gasteiger partial charge in [-0.05, 0) is 60.2 Å². The molecule has 3 N–H and O–H groups in total. The molecular formula is C20H22ClNO4. The summed E-state index contributed by atoms with van der Waals surface area (Å²) in [4.78, 5) is 10.6. The molecule has 0 heterocycles. The van der Waals surface area contributed by atoms with Gasteiger partial charge in [0, 0.05) is 17.6 Å². The van der Waals surface area contributed by atoms with Crippen LogP contribution in [0.25, 0.3) is 0 Å². The molecule has 0 amide bonds. The van der Waals surface area contributed by atoms with Crippen LogP contribution < -0.4 is 10.1 Å². The molecule has 6 heteroatoms. The minimum atomic E-state index is -0.989. The number of rotatable bonds is 7. The molecule has 1 aliphatic rings. The van der Waals surface area contributed by atoms with Gasteiger partial charge in [-0.1, -0.05) is 29.8 Å². The number of carbonyl (C=O) groups is 1. The zero-order valence-electron chi connectivity index (χ0n) is 14.3. The van der Waals surface area contributed by atoms with Crippen molar-refractivity contribution in [2.75, 3.05) is 13.2 Å². The third kappa shape index (κ3) is 4.97. The number of aryl methyl sites for hydroxylation is 1. The van der Waals surface area contributed by atoms with Gasteiger partial charge in [0.05, 0.1) is 6.10 Å². The Bertz CT molecular complexity index is 780. The van der Waals surface area contributed by atoms with Gasteiger partial charge in [0.1, 0.15) is 5.75 Å². The van der Waals surface area contributed by atoms with Crippen molar-refractivity contribution in [3.63, 3.8) is 0 Å². The standard InChI is InChI=1S/C20H22ClNO4/c21-16-3-1-2-14(8-16)19(23)11-22-17-6-4-13-5-7-18(10-15(13)9-17)26-12-20(24)25/h1-3,5,7-8,10,17,19,22-23H,4,6,9,11-12H2,(H,24,25)/t17-,19+/m0/s1. The molecular weight excluding hydrogens is 354 g/mol. The van der Waals surface area contributed by atoms with Crippen molar-refractivity contribution in [2.45, 2.75) is 31.4 Å². The van der Waals surface area contributed by atoms with Crippen molar-refractivity contribution in [3.8, 4) is 5.75 Å². The average Bonchev–Trinajstić information content (AvgIpc) is 2.64. The SMILES string of the molecule is O=C(O)COc1ccc2c(c1)C[C@@H](NC[C@@H](O)c1cccc(Cl)c1)CC2. The fraction of sp³-hybridized carbons (Fsp3) is 0.350. The lowest BCUT2D eigenvalue weighted by atomic mass is 9.88. The van der Waals surface area contributed by atoms with Crippen LogP contribution in [0, 0.1) is 0 Å². The molecule has 0 aliphatic heterocycles. The lowest BCUT2D eigenvalue weighted by Crippen LogP contribution is -2.37. The van der Waals surface area contributed by atoms with E-state index in [0.29, 0.717) is 17.3 Å². The van der Waals surface area contributed by atoms with Gasteiger partial charge in [-0.15, -0.1) is 0 Å². The van der Waals surface area contributed by atoms with E-state index < -0.39 is 12.1 Å². The Kier molecular flexibility index (Phi) is 6.14. The summed E-state index contributed by atoms with van der Waals surface area (Å²) in [6, 6.07) is 13.2. The molecule has 2 aromatic carbocycles. The second-order valence-electron chi connectivity index (χ2n) is 6.53. The Hall–Kier alpha value is -2.08. The van der Waals surface area contributed by atoms with E-state index in [9.17, 15) is 9.90 Å². The quantitative estimate of drug-likeness (QED) is 0.693. The number of benzene rings is 2. The molecule has 0 fully saturated rings. The molecule has 2 atom stereocenters. The number of carboxylic acids is 1. The van der Waals surface area contributed by atoms with Crippen molar-refractivity contribution in [2.24, 2.45) is 0 Å². The minimum Gasteiger partial charge on any atom is -0.482 e. The number of nitrogens with one attached hydrogen (secondary N) is 1. The van der Waals surface area contributed by atoms with Crippen LogP contribution in [0.5, 0.6) is 5.75 Å². The number of aliphatic hydroxyl groups is 1. The largest absolute Gasteiger partial charge is 0.482 e. The second kappa shape index (κ2) is 8.54. The highest BCUT2D eigenvalue weighted by Gasteiger charge is 2.20. The summed E-state index contributed by atoms with van der Waals surface area (Å²) in [6.07, 6.45) is 2.15. The lowest BCUT2D eigenvalue weighted by molar-refractivity contribution is -0.139. The Morgan fingerprint density at radius 2 is 2.12 bits per heavy atom. The predicted molar refractivity (Wildman–Crippen MR) is 99.8 cm³/mol. The minimum absolute atomic E-state index is 0.256. The van der Waals surface area contributed by atoms with E-state index in [1.54, 1.807) is 12.1 Å². The molecule has 0 unspecified atom stereocenters. The summed E-state index contributed by atoms with van der Waals surface area (Å²) in [5.74, 6) is -0.414. The van der Waals surface area contributed by atoms with Crippen LogP contribution in [-0.2, 0) is 17.6 Å². The van der Waals surface area contributed by atoms with Crippen molar-refractivity contribution in [1.82, 2.24) is 5.32 Å². The summed E-state index contributed by atoms with van der Waals surface area (Å²) in [5.41, 5.74) is 3.22. The van der Waals surface area contributed by atoms with Crippen molar-refractivity contribution >= 4 is 17.6 Å². The summed E-state index contributed by atoms with van der Waals surface area (Å²) >= 11 is 5.97. The number of halogens is 1. The van der Waals surface area contributed by atoms with Gasteiger partial charge < -0.3 is 20.3 Å². The van der Waals surface area contributed by atoms with Crippen LogP contribution in [0.1, 0.15) is 29.2 Å². The van der Waals surface area contributed by atoms with E-state index in [1.165, 1.54) is 5.56 Å². The fourth-order valence-electron chi connectivity index (χ4n) is 3.25. The maximum atomic E-state index is 10.6. The number of aliphatic hydroxyl groups excluding tert-OH is 1. The van der Waals surface area contributed by atoms with Crippen LogP contribution >= 0.6 is 11.6 Å². The van der Waals surface area contributed by atoms with Crippen LogP contribution in [0.4, 0.5) is 0 Å². The molecule has 1 aliphatic carbocycles. The first-order valence-corrected chi connectivity index (χ1v) is 9.02. The third-order valence-corrected chi connectivity index (χ3v) is 4.84. The van der Waals surface area contributed by atoms with Gasteiger partial charge >= 0.3 is 5.97 Å². The summed E-state index contributed by atoms with van der Waals surface area (Å²) in [6.45, 7) is 0.113. The van der Waals surface area contributed by atoms with Crippen LogP contribution in [0.3, 0.4) is 0 Å². The smallest absolute Gasteiger partial charge is 0.341 e. The topological polar surface area (TPSA) is 78.8 Å². The number of ether oxygens (including phenoxy) is 1. The molecule has 2 aromatic rings. The molecule has 138 valence electrons. The van der Waals surface area contributed by atoms with Gasteiger partial charge in [-0.25, -0.2) is 4.79 Å². The number of aliphatic carboxylic acids is 1. The number of carboxylic acid groups (broad SMARTS) is 1. The summed E-state index contributed by atoms with van der Waals surface area (Å²) in [5, 5.41) is 23.1. The van der Waals surface area contributed by atoms with E-state index in [4.69, 9.17) is 21.4 Å². The van der Waals surface area contributed by atoms with Gasteiger partial charge in [-0.3, -0.25) is 0 Å². The zero-order valence-corrected chi connectivity index (χ0v) is 15.1. The predicted octanol–water partition coefficient (Wildman–Crippen LogP) is 2.98. The van der Waals surface area contributed by atoms with Gasteiger partial charge in [0.25, 0.3) is 0 Å². The normalized spacial score (nSPS) is 17.4. The van der Waals surface area contributed by atoms with Crippen molar-refractivity contribution in [1.29, 1.82) is 0 Å². The molecule has 5 nitrogen and oxygen atoms in total. The molecule has 0 saturated heterocycles. The molecule has 0 bridgehead atoms. The Morgan fingerprint density at radius 1 is 1.27 bits per heavy atom. The van der Waals surface area contributed by atoms with E-state index in [2.05, 4.69) is 5.32 Å². The highest BCUT2D eigenvalue weighted by Crippen LogP contribution is 2.26. The third-order valence-electron chi connectivity index (χ3n) is 4.60. The first-order chi connectivity index (χ1) is 12.5. The molecule has 0 aromatic heterocycles. The average molecular weight is 376 g/mol. The van der Waals surface area contributed by atoms with E-state index in [0.717, 1.165) is 30.4 Å².